The van der Waals surface area contributed by atoms with Crippen molar-refractivity contribution in [3.63, 3.8) is 0 Å². The van der Waals surface area contributed by atoms with Crippen LogP contribution in [-0.2, 0) is 11.3 Å². The number of hydrogen-bond donors (Lipinski definition) is 2. The van der Waals surface area contributed by atoms with E-state index in [2.05, 4.69) is 16.7 Å². The van der Waals surface area contributed by atoms with Crippen molar-refractivity contribution in [3.8, 4) is 5.75 Å². The van der Waals surface area contributed by atoms with Gasteiger partial charge in [-0.15, -0.1) is 0 Å². The molecule has 0 radical (unpaired) electrons. The van der Waals surface area contributed by atoms with Gasteiger partial charge in [0, 0.05) is 18.3 Å². The zero-order valence-corrected chi connectivity index (χ0v) is 12.8. The fourth-order valence-corrected chi connectivity index (χ4v) is 2.92. The molecule has 4 heteroatoms. The van der Waals surface area contributed by atoms with Gasteiger partial charge in [-0.2, -0.15) is 0 Å². The molecular formula is C18H20N2O2. The SMILES string of the molecule is COc1ccc(NC(=O)C2c3ccccc3CNC2C)cc1. The highest BCUT2D eigenvalue weighted by Gasteiger charge is 2.31. The molecule has 0 bridgehead atoms. The van der Waals surface area contributed by atoms with Gasteiger partial charge in [0.05, 0.1) is 13.0 Å². The second-order valence-electron chi connectivity index (χ2n) is 5.56. The highest BCUT2D eigenvalue weighted by Crippen LogP contribution is 2.29. The molecule has 0 fully saturated rings. The maximum Gasteiger partial charge on any atom is 0.233 e. The number of fused-ring (bicyclic) bond motifs is 1. The van der Waals surface area contributed by atoms with E-state index in [0.29, 0.717) is 0 Å². The quantitative estimate of drug-likeness (QED) is 0.915. The van der Waals surface area contributed by atoms with Crippen LogP contribution in [0.2, 0.25) is 0 Å². The molecule has 22 heavy (non-hydrogen) atoms. The van der Waals surface area contributed by atoms with Crippen LogP contribution in [0.4, 0.5) is 5.69 Å². The Bertz CT molecular complexity index is 667. The lowest BCUT2D eigenvalue weighted by atomic mass is 9.85. The molecule has 1 aliphatic heterocycles. The summed E-state index contributed by atoms with van der Waals surface area (Å²) in [6.07, 6.45) is 0. The van der Waals surface area contributed by atoms with Gasteiger partial charge in [0.25, 0.3) is 0 Å². The Balaban J connectivity index is 1.81. The summed E-state index contributed by atoms with van der Waals surface area (Å²) >= 11 is 0. The third kappa shape index (κ3) is 2.83. The summed E-state index contributed by atoms with van der Waals surface area (Å²) < 4.78 is 5.13. The highest BCUT2D eigenvalue weighted by molar-refractivity contribution is 5.96. The summed E-state index contributed by atoms with van der Waals surface area (Å²) in [6.45, 7) is 2.86. The van der Waals surface area contributed by atoms with Gasteiger partial charge in [-0.3, -0.25) is 4.79 Å². The molecular weight excluding hydrogens is 276 g/mol. The summed E-state index contributed by atoms with van der Waals surface area (Å²) in [5.41, 5.74) is 3.08. The Morgan fingerprint density at radius 1 is 1.18 bits per heavy atom. The van der Waals surface area contributed by atoms with Crippen LogP contribution < -0.4 is 15.4 Å². The van der Waals surface area contributed by atoms with Crippen molar-refractivity contribution in [3.05, 3.63) is 59.7 Å². The van der Waals surface area contributed by atoms with Crippen LogP contribution in [0.1, 0.15) is 24.0 Å². The molecule has 114 valence electrons. The molecule has 4 nitrogen and oxygen atoms in total. The molecule has 0 saturated carbocycles. The third-order valence-corrected chi connectivity index (χ3v) is 4.14. The molecule has 2 N–H and O–H groups in total. The first-order chi connectivity index (χ1) is 10.7. The van der Waals surface area contributed by atoms with E-state index in [-0.39, 0.29) is 17.9 Å². The van der Waals surface area contributed by atoms with E-state index in [1.54, 1.807) is 7.11 Å². The van der Waals surface area contributed by atoms with Crippen molar-refractivity contribution in [1.29, 1.82) is 0 Å². The van der Waals surface area contributed by atoms with Crippen molar-refractivity contribution in [1.82, 2.24) is 5.32 Å². The van der Waals surface area contributed by atoms with Crippen LogP contribution in [-0.4, -0.2) is 19.1 Å². The first kappa shape index (κ1) is 14.6. The minimum atomic E-state index is -0.188. The summed E-state index contributed by atoms with van der Waals surface area (Å²) in [5.74, 6) is 0.598. The average Bonchev–Trinajstić information content (AvgIpc) is 2.55. The number of amides is 1. The number of hydrogen-bond acceptors (Lipinski definition) is 3. The van der Waals surface area contributed by atoms with Crippen LogP contribution >= 0.6 is 0 Å². The van der Waals surface area contributed by atoms with Crippen molar-refractivity contribution in [2.45, 2.75) is 25.4 Å². The molecule has 0 aromatic heterocycles. The second-order valence-corrected chi connectivity index (χ2v) is 5.56. The number of carbonyl (C=O) groups excluding carboxylic acids is 1. The number of carbonyl (C=O) groups is 1. The van der Waals surface area contributed by atoms with Crippen LogP contribution in [0.3, 0.4) is 0 Å². The van der Waals surface area contributed by atoms with Gasteiger partial charge in [-0.1, -0.05) is 24.3 Å². The average molecular weight is 296 g/mol. The molecule has 0 saturated heterocycles. The minimum Gasteiger partial charge on any atom is -0.497 e. The fourth-order valence-electron chi connectivity index (χ4n) is 2.92. The number of methoxy groups -OCH3 is 1. The highest BCUT2D eigenvalue weighted by atomic mass is 16.5. The maximum atomic E-state index is 12.7. The standard InChI is InChI=1S/C18H20N2O2/c1-12-17(16-6-4-3-5-13(16)11-19-12)18(21)20-14-7-9-15(22-2)10-8-14/h3-10,12,17,19H,11H2,1-2H3,(H,20,21). The van der Waals surface area contributed by atoms with Crippen molar-refractivity contribution >= 4 is 11.6 Å². The van der Waals surface area contributed by atoms with E-state index < -0.39 is 0 Å². The Morgan fingerprint density at radius 2 is 1.91 bits per heavy atom. The van der Waals surface area contributed by atoms with Gasteiger partial charge in [0.2, 0.25) is 5.91 Å². The lowest BCUT2D eigenvalue weighted by Gasteiger charge is -2.31. The van der Waals surface area contributed by atoms with Crippen LogP contribution in [0.25, 0.3) is 0 Å². The van der Waals surface area contributed by atoms with Gasteiger partial charge in [0.1, 0.15) is 5.75 Å². The summed E-state index contributed by atoms with van der Waals surface area (Å²) in [4.78, 5) is 12.7. The number of nitrogens with one attached hydrogen (secondary N) is 2. The van der Waals surface area contributed by atoms with Gasteiger partial charge in [-0.05, 0) is 42.3 Å². The summed E-state index contributed by atoms with van der Waals surface area (Å²) in [6, 6.07) is 15.6. The van der Waals surface area contributed by atoms with Gasteiger partial charge in [0.15, 0.2) is 0 Å². The molecule has 0 aliphatic carbocycles. The Kier molecular flexibility index (Phi) is 4.11. The number of ether oxygens (including phenoxy) is 1. The molecule has 2 atom stereocenters. The predicted molar refractivity (Wildman–Crippen MR) is 87.1 cm³/mol. The molecule has 1 aliphatic rings. The fraction of sp³-hybridized carbons (Fsp3) is 0.278. The Labute approximate surface area is 130 Å². The number of anilines is 1. The Hall–Kier alpha value is -2.33. The topological polar surface area (TPSA) is 50.4 Å². The molecule has 0 spiro atoms. The van der Waals surface area contributed by atoms with Gasteiger partial charge < -0.3 is 15.4 Å². The monoisotopic (exact) mass is 296 g/mol. The zero-order valence-electron chi connectivity index (χ0n) is 12.8. The van der Waals surface area contributed by atoms with Crippen LogP contribution in [0.15, 0.2) is 48.5 Å². The van der Waals surface area contributed by atoms with E-state index in [1.807, 2.05) is 49.4 Å². The summed E-state index contributed by atoms with van der Waals surface area (Å²) in [7, 11) is 1.62. The molecule has 2 unspecified atom stereocenters. The molecule has 3 rings (SSSR count). The van der Waals surface area contributed by atoms with Crippen molar-refractivity contribution in [2.75, 3.05) is 12.4 Å². The first-order valence-corrected chi connectivity index (χ1v) is 7.45. The van der Waals surface area contributed by atoms with Gasteiger partial charge >= 0.3 is 0 Å². The lowest BCUT2D eigenvalue weighted by molar-refractivity contribution is -0.118. The minimum absolute atomic E-state index is 0.0114. The largest absolute Gasteiger partial charge is 0.497 e. The maximum absolute atomic E-state index is 12.7. The molecule has 1 heterocycles. The van der Waals surface area contributed by atoms with Crippen LogP contribution in [0, 0.1) is 0 Å². The normalized spacial score (nSPS) is 20.1. The van der Waals surface area contributed by atoms with E-state index in [1.165, 1.54) is 5.56 Å². The van der Waals surface area contributed by atoms with E-state index in [9.17, 15) is 4.79 Å². The second kappa shape index (κ2) is 6.20. The van der Waals surface area contributed by atoms with Crippen molar-refractivity contribution in [2.24, 2.45) is 0 Å². The van der Waals surface area contributed by atoms with Crippen molar-refractivity contribution < 1.29 is 9.53 Å². The Morgan fingerprint density at radius 3 is 2.64 bits per heavy atom. The smallest absolute Gasteiger partial charge is 0.233 e. The number of benzene rings is 2. The third-order valence-electron chi connectivity index (χ3n) is 4.14. The molecule has 2 aromatic carbocycles. The van der Waals surface area contributed by atoms with Gasteiger partial charge in [-0.25, -0.2) is 0 Å². The summed E-state index contributed by atoms with van der Waals surface area (Å²) in [5, 5.41) is 6.39. The molecule has 2 aromatic rings. The van der Waals surface area contributed by atoms with E-state index >= 15 is 0 Å². The zero-order chi connectivity index (χ0) is 15.5. The molecule has 1 amide bonds. The first-order valence-electron chi connectivity index (χ1n) is 7.45. The van der Waals surface area contributed by atoms with E-state index in [0.717, 1.165) is 23.5 Å². The van der Waals surface area contributed by atoms with Crippen LogP contribution in [0.5, 0.6) is 5.75 Å². The predicted octanol–water partition coefficient (Wildman–Crippen LogP) is 2.91. The van der Waals surface area contributed by atoms with E-state index in [4.69, 9.17) is 4.74 Å². The lowest BCUT2D eigenvalue weighted by Crippen LogP contribution is -2.42. The number of rotatable bonds is 3.